The third-order valence-electron chi connectivity index (χ3n) is 2.24. The summed E-state index contributed by atoms with van der Waals surface area (Å²) >= 11 is 5.70. The summed E-state index contributed by atoms with van der Waals surface area (Å²) < 4.78 is 1.47. The predicted molar refractivity (Wildman–Crippen MR) is 61.0 cm³/mol. The number of aliphatic carboxylic acids is 1. The van der Waals surface area contributed by atoms with Gasteiger partial charge in [0.15, 0.2) is 6.04 Å². The number of nitrogens with zero attached hydrogens (tertiary/aromatic N) is 1. The zero-order chi connectivity index (χ0) is 13.2. The van der Waals surface area contributed by atoms with Gasteiger partial charge in [-0.15, -0.1) is 0 Å². The quantitative estimate of drug-likeness (QED) is 0.723. The monoisotopic (exact) mass is 260 g/mol. The van der Waals surface area contributed by atoms with Crippen molar-refractivity contribution in [1.82, 2.24) is 9.88 Å². The number of carbonyl (C=O) groups is 2. The molecule has 0 aliphatic heterocycles. The topological polar surface area (TPSA) is 91.6 Å². The van der Waals surface area contributed by atoms with E-state index in [1.807, 2.05) is 0 Å². The summed E-state index contributed by atoms with van der Waals surface area (Å²) in [5.74, 6) is -1.90. The van der Waals surface area contributed by atoms with Gasteiger partial charge in [-0.3, -0.25) is 4.79 Å². The van der Waals surface area contributed by atoms with Crippen LogP contribution in [0, 0.1) is 0 Å². The molecule has 17 heavy (non-hydrogen) atoms. The second kappa shape index (κ2) is 5.20. The van der Waals surface area contributed by atoms with Gasteiger partial charge in [0.05, 0.1) is 11.1 Å². The fraction of sp³-hybridized carbons (Fsp3) is 0.400. The van der Waals surface area contributed by atoms with Crippen molar-refractivity contribution in [2.75, 3.05) is 0 Å². The smallest absolute Gasteiger partial charge is 0.328 e. The molecule has 0 aliphatic rings. The number of hydrogen-bond acceptors (Lipinski definition) is 3. The Morgan fingerprint density at radius 1 is 1.53 bits per heavy atom. The Bertz CT molecular complexity index is 442. The first-order valence-electron chi connectivity index (χ1n) is 4.86. The molecule has 0 aromatic carbocycles. The maximum Gasteiger partial charge on any atom is 0.328 e. The van der Waals surface area contributed by atoms with E-state index in [1.54, 1.807) is 7.05 Å². The molecule has 1 amide bonds. The van der Waals surface area contributed by atoms with Crippen molar-refractivity contribution in [2.45, 2.75) is 19.1 Å². The summed E-state index contributed by atoms with van der Waals surface area (Å²) in [6, 6.07) is 0.0638. The maximum atomic E-state index is 11.7. The maximum absolute atomic E-state index is 11.7. The third-order valence-corrected chi connectivity index (χ3v) is 2.45. The number of carboxylic acids is 1. The van der Waals surface area contributed by atoms with Gasteiger partial charge in [-0.05, 0) is 13.0 Å². The van der Waals surface area contributed by atoms with E-state index in [-0.39, 0.29) is 5.69 Å². The Morgan fingerprint density at radius 3 is 2.47 bits per heavy atom. The molecule has 0 aliphatic carbocycles. The van der Waals surface area contributed by atoms with Gasteiger partial charge in [0.1, 0.15) is 5.69 Å². The molecular weight excluding hydrogens is 248 g/mol. The molecule has 94 valence electrons. The highest BCUT2D eigenvalue weighted by atomic mass is 35.5. The molecule has 7 heteroatoms. The van der Waals surface area contributed by atoms with Gasteiger partial charge in [-0.1, -0.05) is 11.6 Å². The summed E-state index contributed by atoms with van der Waals surface area (Å²) in [4.78, 5) is 22.5. The van der Waals surface area contributed by atoms with E-state index >= 15 is 0 Å². The van der Waals surface area contributed by atoms with E-state index in [0.717, 1.165) is 0 Å². The minimum absolute atomic E-state index is 0.224. The van der Waals surface area contributed by atoms with Crippen LogP contribution >= 0.6 is 11.6 Å². The van der Waals surface area contributed by atoms with Crippen molar-refractivity contribution in [3.63, 3.8) is 0 Å². The van der Waals surface area contributed by atoms with E-state index in [0.29, 0.717) is 5.02 Å². The van der Waals surface area contributed by atoms with Crippen LogP contribution in [0.3, 0.4) is 0 Å². The molecule has 1 heterocycles. The van der Waals surface area contributed by atoms with E-state index in [4.69, 9.17) is 16.7 Å². The molecule has 0 unspecified atom stereocenters. The van der Waals surface area contributed by atoms with Crippen molar-refractivity contribution in [2.24, 2.45) is 7.05 Å². The van der Waals surface area contributed by atoms with E-state index < -0.39 is 24.0 Å². The second-order valence-electron chi connectivity index (χ2n) is 3.68. The number of rotatable bonds is 4. The van der Waals surface area contributed by atoms with Crippen LogP contribution in [0.15, 0.2) is 12.3 Å². The highest BCUT2D eigenvalue weighted by Gasteiger charge is 2.26. The summed E-state index contributed by atoms with van der Waals surface area (Å²) in [6.07, 6.45) is 0.335. The van der Waals surface area contributed by atoms with Gasteiger partial charge in [-0.2, -0.15) is 0 Å². The molecule has 1 aromatic rings. The number of nitrogens with one attached hydrogen (secondary N) is 1. The SMILES string of the molecule is C[C@@H](O)[C@H](NC(=O)c1cc(Cl)cn1C)C(=O)O. The standard InChI is InChI=1S/C10H13ClN2O4/c1-5(14)8(10(16)17)12-9(15)7-3-6(11)4-13(7)2/h3-5,8,14H,1-2H3,(H,12,15)(H,16,17)/t5-,8+/m1/s1. The number of aryl methyl sites for hydroxylation is 1. The first-order chi connectivity index (χ1) is 7.82. The summed E-state index contributed by atoms with van der Waals surface area (Å²) in [5.41, 5.74) is 0.224. The number of aliphatic hydroxyl groups is 1. The Hall–Kier alpha value is -1.53. The number of halogens is 1. The summed E-state index contributed by atoms with van der Waals surface area (Å²) in [5, 5.41) is 20.6. The lowest BCUT2D eigenvalue weighted by atomic mass is 10.2. The highest BCUT2D eigenvalue weighted by Crippen LogP contribution is 2.12. The molecule has 2 atom stereocenters. The molecule has 0 radical (unpaired) electrons. The van der Waals surface area contributed by atoms with Crippen molar-refractivity contribution in [1.29, 1.82) is 0 Å². The zero-order valence-corrected chi connectivity index (χ0v) is 10.1. The molecule has 6 nitrogen and oxygen atoms in total. The highest BCUT2D eigenvalue weighted by molar-refractivity contribution is 6.31. The number of aliphatic hydroxyl groups excluding tert-OH is 1. The van der Waals surface area contributed by atoms with Gasteiger partial charge < -0.3 is 20.1 Å². The van der Waals surface area contributed by atoms with Crippen molar-refractivity contribution in [3.05, 3.63) is 23.0 Å². The number of carboxylic acid groups (broad SMARTS) is 1. The first kappa shape index (κ1) is 13.5. The van der Waals surface area contributed by atoms with Crippen molar-refractivity contribution >= 4 is 23.5 Å². The number of hydrogen-bond donors (Lipinski definition) is 3. The van der Waals surface area contributed by atoms with Crippen LogP contribution in [-0.2, 0) is 11.8 Å². The van der Waals surface area contributed by atoms with Crippen LogP contribution in [0.25, 0.3) is 0 Å². The summed E-state index contributed by atoms with van der Waals surface area (Å²) in [7, 11) is 1.61. The molecule has 1 aromatic heterocycles. The van der Waals surface area contributed by atoms with E-state index in [1.165, 1.54) is 23.8 Å². The van der Waals surface area contributed by atoms with Crippen molar-refractivity contribution in [3.8, 4) is 0 Å². The van der Waals surface area contributed by atoms with Crippen LogP contribution in [0.5, 0.6) is 0 Å². The zero-order valence-electron chi connectivity index (χ0n) is 9.35. The largest absolute Gasteiger partial charge is 0.480 e. The van der Waals surface area contributed by atoms with Gasteiger partial charge >= 0.3 is 5.97 Å². The third kappa shape index (κ3) is 3.21. The van der Waals surface area contributed by atoms with E-state index in [2.05, 4.69) is 5.32 Å². The molecule has 1 rings (SSSR count). The second-order valence-corrected chi connectivity index (χ2v) is 4.12. The Kier molecular flexibility index (Phi) is 4.14. The Morgan fingerprint density at radius 2 is 2.12 bits per heavy atom. The van der Waals surface area contributed by atoms with Crippen LogP contribution in [0.1, 0.15) is 17.4 Å². The molecule has 0 bridgehead atoms. The van der Waals surface area contributed by atoms with Gasteiger partial charge in [0.25, 0.3) is 5.91 Å². The fourth-order valence-corrected chi connectivity index (χ4v) is 1.60. The Labute approximate surface area is 103 Å². The lowest BCUT2D eigenvalue weighted by Gasteiger charge is -2.17. The van der Waals surface area contributed by atoms with Crippen molar-refractivity contribution < 1.29 is 19.8 Å². The minimum atomic E-state index is -1.35. The van der Waals surface area contributed by atoms with Crippen LogP contribution < -0.4 is 5.32 Å². The lowest BCUT2D eigenvalue weighted by Crippen LogP contribution is -2.48. The lowest BCUT2D eigenvalue weighted by molar-refractivity contribution is -0.141. The van der Waals surface area contributed by atoms with Crippen LogP contribution in [0.2, 0.25) is 5.02 Å². The molecule has 0 saturated carbocycles. The molecule has 0 spiro atoms. The van der Waals surface area contributed by atoms with Gasteiger partial charge in [0.2, 0.25) is 0 Å². The molecule has 0 fully saturated rings. The number of carbonyl (C=O) groups excluding carboxylic acids is 1. The van der Waals surface area contributed by atoms with E-state index in [9.17, 15) is 14.7 Å². The molecular formula is C10H13ClN2O4. The fourth-order valence-electron chi connectivity index (χ4n) is 1.35. The van der Waals surface area contributed by atoms with Crippen LogP contribution in [-0.4, -0.2) is 38.8 Å². The van der Waals surface area contributed by atoms with Gasteiger partial charge in [0, 0.05) is 13.2 Å². The normalized spacial score (nSPS) is 14.1. The van der Waals surface area contributed by atoms with Gasteiger partial charge in [-0.25, -0.2) is 4.79 Å². The molecule has 0 saturated heterocycles. The minimum Gasteiger partial charge on any atom is -0.480 e. The summed E-state index contributed by atoms with van der Waals surface area (Å²) in [6.45, 7) is 1.29. The Balaban J connectivity index is 2.85. The number of amides is 1. The molecule has 3 N–H and O–H groups in total. The first-order valence-corrected chi connectivity index (χ1v) is 5.24. The van der Waals surface area contributed by atoms with Crippen LogP contribution in [0.4, 0.5) is 0 Å². The average molecular weight is 261 g/mol. The average Bonchev–Trinajstić information content (AvgIpc) is 2.53. The predicted octanol–water partition coefficient (Wildman–Crippen LogP) is 0.242. The number of aromatic nitrogens is 1.